The molecule has 0 heterocycles. The van der Waals surface area contributed by atoms with E-state index < -0.39 is 0 Å². The second-order valence-corrected chi connectivity index (χ2v) is 5.38. The number of rotatable bonds is 5. The van der Waals surface area contributed by atoms with Crippen molar-refractivity contribution < 1.29 is 9.84 Å². The lowest BCUT2D eigenvalue weighted by Crippen LogP contribution is -2.28. The van der Waals surface area contributed by atoms with Crippen LogP contribution in [-0.2, 0) is 4.74 Å². The van der Waals surface area contributed by atoms with Gasteiger partial charge in [-0.25, -0.2) is 0 Å². The molecule has 0 spiro atoms. The molecule has 3 atom stereocenters. The number of aliphatic hydroxyl groups excluding tert-OH is 1. The molecule has 0 aromatic heterocycles. The maximum absolute atomic E-state index is 10.1. The summed E-state index contributed by atoms with van der Waals surface area (Å²) in [6.45, 7) is 0.805. The minimum atomic E-state index is -0.109. The molecule has 0 radical (unpaired) electrons. The summed E-state index contributed by atoms with van der Waals surface area (Å²) < 4.78 is 5.10. The van der Waals surface area contributed by atoms with E-state index in [1.54, 1.807) is 7.11 Å². The van der Waals surface area contributed by atoms with Gasteiger partial charge in [-0.05, 0) is 49.5 Å². The van der Waals surface area contributed by atoms with E-state index in [1.165, 1.54) is 5.56 Å². The van der Waals surface area contributed by atoms with Crippen molar-refractivity contribution in [3.8, 4) is 0 Å². The smallest absolute Gasteiger partial charge is 0.0568 e. The Balaban J connectivity index is 1.91. The molecule has 18 heavy (non-hydrogen) atoms. The van der Waals surface area contributed by atoms with Crippen LogP contribution >= 0.6 is 0 Å². The first-order valence-electron chi connectivity index (χ1n) is 7.03. The fraction of sp³-hybridized carbons (Fsp3) is 0.625. The molecular formula is C16H24O2. The van der Waals surface area contributed by atoms with E-state index in [4.69, 9.17) is 4.74 Å². The average molecular weight is 248 g/mol. The predicted molar refractivity (Wildman–Crippen MR) is 73.6 cm³/mol. The quantitative estimate of drug-likeness (QED) is 0.810. The zero-order valence-electron chi connectivity index (χ0n) is 11.2. The summed E-state index contributed by atoms with van der Waals surface area (Å²) in [7, 11) is 1.74. The van der Waals surface area contributed by atoms with E-state index in [9.17, 15) is 5.11 Å². The molecule has 1 N–H and O–H groups in total. The highest BCUT2D eigenvalue weighted by Crippen LogP contribution is 2.38. The van der Waals surface area contributed by atoms with Gasteiger partial charge in [0.2, 0.25) is 0 Å². The highest BCUT2D eigenvalue weighted by Gasteiger charge is 2.29. The minimum absolute atomic E-state index is 0.109. The fourth-order valence-corrected chi connectivity index (χ4v) is 3.08. The Hall–Kier alpha value is -0.860. The van der Waals surface area contributed by atoms with Crippen molar-refractivity contribution in [2.24, 2.45) is 5.92 Å². The molecule has 1 saturated carbocycles. The van der Waals surface area contributed by atoms with E-state index in [0.717, 1.165) is 38.7 Å². The van der Waals surface area contributed by atoms with E-state index in [-0.39, 0.29) is 6.10 Å². The van der Waals surface area contributed by atoms with Gasteiger partial charge in [0.1, 0.15) is 0 Å². The Morgan fingerprint density at radius 1 is 1.22 bits per heavy atom. The molecule has 1 aliphatic rings. The normalized spacial score (nSPS) is 28.2. The number of hydrogen-bond donors (Lipinski definition) is 1. The molecule has 0 saturated heterocycles. The van der Waals surface area contributed by atoms with Gasteiger partial charge in [-0.3, -0.25) is 0 Å². The van der Waals surface area contributed by atoms with Crippen LogP contribution in [-0.4, -0.2) is 24.9 Å². The molecule has 3 unspecified atom stereocenters. The Morgan fingerprint density at radius 2 is 2.00 bits per heavy atom. The Labute approximate surface area is 110 Å². The Bertz CT molecular complexity index is 336. The summed E-state index contributed by atoms with van der Waals surface area (Å²) in [6, 6.07) is 10.7. The average Bonchev–Trinajstić information content (AvgIpc) is 2.42. The van der Waals surface area contributed by atoms with Crippen LogP contribution in [0.4, 0.5) is 0 Å². The molecule has 1 aromatic carbocycles. The molecule has 0 amide bonds. The zero-order chi connectivity index (χ0) is 12.8. The Morgan fingerprint density at radius 3 is 2.72 bits per heavy atom. The van der Waals surface area contributed by atoms with Crippen molar-refractivity contribution in [3.63, 3.8) is 0 Å². The highest BCUT2D eigenvalue weighted by molar-refractivity contribution is 5.20. The first-order chi connectivity index (χ1) is 8.81. The van der Waals surface area contributed by atoms with Crippen LogP contribution < -0.4 is 0 Å². The van der Waals surface area contributed by atoms with Gasteiger partial charge >= 0.3 is 0 Å². The lowest BCUT2D eigenvalue weighted by Gasteiger charge is -2.33. The van der Waals surface area contributed by atoms with Crippen molar-refractivity contribution in [3.05, 3.63) is 35.9 Å². The first-order valence-corrected chi connectivity index (χ1v) is 7.03. The number of aliphatic hydroxyl groups is 1. The summed E-state index contributed by atoms with van der Waals surface area (Å²) in [5.41, 5.74) is 1.43. The molecular weight excluding hydrogens is 224 g/mol. The lowest BCUT2D eigenvalue weighted by atomic mass is 9.75. The summed E-state index contributed by atoms with van der Waals surface area (Å²) in [6.07, 6.45) is 5.21. The van der Waals surface area contributed by atoms with Crippen LogP contribution in [0.25, 0.3) is 0 Å². The SMILES string of the molecule is COCCCC1CC(c2ccccc2)CCC1O. The van der Waals surface area contributed by atoms with Crippen molar-refractivity contribution in [1.82, 2.24) is 0 Å². The van der Waals surface area contributed by atoms with E-state index >= 15 is 0 Å². The second-order valence-electron chi connectivity index (χ2n) is 5.38. The van der Waals surface area contributed by atoms with Gasteiger partial charge in [-0.2, -0.15) is 0 Å². The van der Waals surface area contributed by atoms with Crippen molar-refractivity contribution in [2.45, 2.75) is 44.1 Å². The fourth-order valence-electron chi connectivity index (χ4n) is 3.08. The molecule has 1 aromatic rings. The van der Waals surface area contributed by atoms with Gasteiger partial charge in [0.15, 0.2) is 0 Å². The van der Waals surface area contributed by atoms with Gasteiger partial charge in [0, 0.05) is 13.7 Å². The Kier molecular flexibility index (Phi) is 5.21. The van der Waals surface area contributed by atoms with Gasteiger partial charge in [0.05, 0.1) is 6.10 Å². The third-order valence-electron chi connectivity index (χ3n) is 4.14. The van der Waals surface area contributed by atoms with E-state index in [1.807, 2.05) is 0 Å². The highest BCUT2D eigenvalue weighted by atomic mass is 16.5. The molecule has 0 aliphatic heterocycles. The van der Waals surface area contributed by atoms with Crippen LogP contribution in [0.5, 0.6) is 0 Å². The van der Waals surface area contributed by atoms with Crippen LogP contribution in [0.2, 0.25) is 0 Å². The second kappa shape index (κ2) is 6.91. The monoisotopic (exact) mass is 248 g/mol. The van der Waals surface area contributed by atoms with E-state index in [0.29, 0.717) is 11.8 Å². The number of ether oxygens (including phenoxy) is 1. The van der Waals surface area contributed by atoms with Gasteiger partial charge in [-0.15, -0.1) is 0 Å². The molecule has 2 heteroatoms. The van der Waals surface area contributed by atoms with Gasteiger partial charge in [-0.1, -0.05) is 30.3 Å². The molecule has 1 aliphatic carbocycles. The van der Waals surface area contributed by atoms with Crippen molar-refractivity contribution in [2.75, 3.05) is 13.7 Å². The maximum Gasteiger partial charge on any atom is 0.0568 e. The third-order valence-corrected chi connectivity index (χ3v) is 4.14. The van der Waals surface area contributed by atoms with Crippen molar-refractivity contribution >= 4 is 0 Å². The third kappa shape index (κ3) is 3.56. The van der Waals surface area contributed by atoms with Gasteiger partial charge < -0.3 is 9.84 Å². The zero-order valence-corrected chi connectivity index (χ0v) is 11.2. The molecule has 1 fully saturated rings. The lowest BCUT2D eigenvalue weighted by molar-refractivity contribution is 0.0518. The largest absolute Gasteiger partial charge is 0.393 e. The summed E-state index contributed by atoms with van der Waals surface area (Å²) in [5, 5.41) is 10.1. The summed E-state index contributed by atoms with van der Waals surface area (Å²) in [5.74, 6) is 1.07. The molecule has 0 bridgehead atoms. The number of methoxy groups -OCH3 is 1. The molecule has 2 nitrogen and oxygen atoms in total. The maximum atomic E-state index is 10.1. The van der Waals surface area contributed by atoms with Gasteiger partial charge in [0.25, 0.3) is 0 Å². The topological polar surface area (TPSA) is 29.5 Å². The van der Waals surface area contributed by atoms with Crippen LogP contribution in [0.3, 0.4) is 0 Å². The summed E-state index contributed by atoms with van der Waals surface area (Å²) in [4.78, 5) is 0. The molecule has 2 rings (SSSR count). The van der Waals surface area contributed by atoms with E-state index in [2.05, 4.69) is 30.3 Å². The standard InChI is InChI=1S/C16H24O2/c1-18-11-5-8-15-12-14(9-10-16(15)17)13-6-3-2-4-7-13/h2-4,6-7,14-17H,5,8-12H2,1H3. The first kappa shape index (κ1) is 13.6. The summed E-state index contributed by atoms with van der Waals surface area (Å²) >= 11 is 0. The van der Waals surface area contributed by atoms with Crippen molar-refractivity contribution in [1.29, 1.82) is 0 Å². The number of benzene rings is 1. The van der Waals surface area contributed by atoms with Crippen LogP contribution in [0, 0.1) is 5.92 Å². The van der Waals surface area contributed by atoms with Crippen LogP contribution in [0.15, 0.2) is 30.3 Å². The number of hydrogen-bond acceptors (Lipinski definition) is 2. The van der Waals surface area contributed by atoms with Crippen LogP contribution in [0.1, 0.15) is 43.6 Å². The minimum Gasteiger partial charge on any atom is -0.393 e. The predicted octanol–water partition coefficient (Wildman–Crippen LogP) is 3.36. The molecule has 100 valence electrons.